The van der Waals surface area contributed by atoms with Crippen LogP contribution in [0.1, 0.15) is 33.6 Å². The van der Waals surface area contributed by atoms with Crippen LogP contribution in [0.5, 0.6) is 0 Å². The molecule has 0 bridgehead atoms. The van der Waals surface area contributed by atoms with Gasteiger partial charge < -0.3 is 25.6 Å². The van der Waals surface area contributed by atoms with E-state index in [-0.39, 0.29) is 19.6 Å². The van der Waals surface area contributed by atoms with E-state index in [1.165, 1.54) is 7.11 Å². The lowest BCUT2D eigenvalue weighted by molar-refractivity contribution is -0.169. The highest BCUT2D eigenvalue weighted by Crippen LogP contribution is 2.17. The topological polar surface area (TPSA) is 128 Å². The maximum absolute atomic E-state index is 11.9. The number of nitrogens with two attached hydrogens (primary N) is 1. The zero-order chi connectivity index (χ0) is 16.0. The van der Waals surface area contributed by atoms with Crippen molar-refractivity contribution in [2.75, 3.05) is 13.8 Å². The number of aliphatic carboxylic acids is 1. The van der Waals surface area contributed by atoms with Crippen molar-refractivity contribution in [3.05, 3.63) is 0 Å². The summed E-state index contributed by atoms with van der Waals surface area (Å²) in [5.74, 6) is -3.07. The minimum absolute atomic E-state index is 0.00405. The number of methoxy groups -OCH3 is 1. The van der Waals surface area contributed by atoms with Crippen LogP contribution >= 0.6 is 0 Å². The van der Waals surface area contributed by atoms with Crippen LogP contribution in [0.4, 0.5) is 0 Å². The number of carboxylic acid groups (broad SMARTS) is 1. The van der Waals surface area contributed by atoms with Crippen molar-refractivity contribution >= 4 is 17.8 Å². The van der Waals surface area contributed by atoms with Gasteiger partial charge in [0.15, 0.2) is 0 Å². The summed E-state index contributed by atoms with van der Waals surface area (Å²) in [7, 11) is 1.39. The van der Waals surface area contributed by atoms with E-state index in [0.717, 1.165) is 0 Å². The number of rotatable bonds is 7. The Bertz CT molecular complexity index is 377. The predicted molar refractivity (Wildman–Crippen MR) is 69.7 cm³/mol. The molecule has 8 heteroatoms. The van der Waals surface area contributed by atoms with E-state index in [9.17, 15) is 14.4 Å². The highest BCUT2D eigenvalue weighted by molar-refractivity contribution is 6.04. The molecule has 0 aliphatic rings. The number of hydrogen-bond acceptors (Lipinski definition) is 6. The van der Waals surface area contributed by atoms with Gasteiger partial charge in [-0.25, -0.2) is 9.59 Å². The zero-order valence-electron chi connectivity index (χ0n) is 12.2. The zero-order valence-corrected chi connectivity index (χ0v) is 12.2. The molecule has 20 heavy (non-hydrogen) atoms. The molecule has 0 aliphatic heterocycles. The van der Waals surface area contributed by atoms with Crippen LogP contribution in [0, 0.1) is 0 Å². The number of carbonyl (C=O) groups is 3. The van der Waals surface area contributed by atoms with Gasteiger partial charge in [0.2, 0.25) is 11.4 Å². The first-order chi connectivity index (χ1) is 9.03. The molecule has 0 spiro atoms. The fourth-order valence-electron chi connectivity index (χ4n) is 1.22. The molecule has 0 aromatic carbocycles. The van der Waals surface area contributed by atoms with Gasteiger partial charge in [0.05, 0.1) is 0 Å². The van der Waals surface area contributed by atoms with Crippen LogP contribution in [0.25, 0.3) is 0 Å². The van der Waals surface area contributed by atoms with Crippen molar-refractivity contribution in [1.82, 2.24) is 5.32 Å². The average molecular weight is 290 g/mol. The van der Waals surface area contributed by atoms with Gasteiger partial charge in [0, 0.05) is 13.5 Å². The third-order valence-corrected chi connectivity index (χ3v) is 2.30. The standard InChI is InChI=1S/C12H22N2O6/c1-11(2,3)20-10(18)12(13,9(16)17)6-5-8(15)14-7-19-4/h5-7,13H2,1-4H3,(H,14,15)(H,16,17). The number of esters is 1. The summed E-state index contributed by atoms with van der Waals surface area (Å²) in [6.07, 6.45) is -0.599. The first-order valence-electron chi connectivity index (χ1n) is 6.04. The summed E-state index contributed by atoms with van der Waals surface area (Å²) in [6, 6.07) is 0. The number of nitrogens with one attached hydrogen (secondary N) is 1. The first-order valence-corrected chi connectivity index (χ1v) is 6.04. The van der Waals surface area contributed by atoms with E-state index in [2.05, 4.69) is 10.1 Å². The minimum Gasteiger partial charge on any atom is -0.479 e. The predicted octanol–water partition coefficient (Wildman–Crippen LogP) is -0.389. The molecule has 0 aromatic rings. The summed E-state index contributed by atoms with van der Waals surface area (Å²) in [4.78, 5) is 34.4. The molecule has 116 valence electrons. The normalized spacial score (nSPS) is 14.2. The molecule has 0 radical (unpaired) electrons. The molecule has 1 unspecified atom stereocenters. The van der Waals surface area contributed by atoms with Crippen LogP contribution < -0.4 is 11.1 Å². The lowest BCUT2D eigenvalue weighted by Crippen LogP contribution is -2.57. The number of ether oxygens (including phenoxy) is 2. The van der Waals surface area contributed by atoms with Crippen LogP contribution in [0.3, 0.4) is 0 Å². The van der Waals surface area contributed by atoms with Crippen LogP contribution in [0.15, 0.2) is 0 Å². The van der Waals surface area contributed by atoms with E-state index in [1.807, 2.05) is 0 Å². The Labute approximate surface area is 117 Å². The number of amides is 1. The first kappa shape index (κ1) is 18.3. The average Bonchev–Trinajstić information content (AvgIpc) is 2.30. The molecule has 0 saturated heterocycles. The third-order valence-electron chi connectivity index (χ3n) is 2.30. The molecule has 4 N–H and O–H groups in total. The summed E-state index contributed by atoms with van der Waals surface area (Å²) < 4.78 is 9.61. The summed E-state index contributed by atoms with van der Waals surface area (Å²) in [6.45, 7) is 4.78. The van der Waals surface area contributed by atoms with E-state index in [4.69, 9.17) is 15.6 Å². The second-order valence-corrected chi connectivity index (χ2v) is 5.31. The Morgan fingerprint density at radius 1 is 1.25 bits per heavy atom. The molecular weight excluding hydrogens is 268 g/mol. The van der Waals surface area contributed by atoms with Crippen molar-refractivity contribution in [3.63, 3.8) is 0 Å². The largest absolute Gasteiger partial charge is 0.479 e. The van der Waals surface area contributed by atoms with Gasteiger partial charge in [-0.05, 0) is 27.2 Å². The highest BCUT2D eigenvalue weighted by Gasteiger charge is 2.45. The van der Waals surface area contributed by atoms with E-state index in [1.54, 1.807) is 20.8 Å². The van der Waals surface area contributed by atoms with Gasteiger partial charge in [-0.1, -0.05) is 0 Å². The van der Waals surface area contributed by atoms with Crippen LogP contribution in [-0.4, -0.2) is 47.9 Å². The molecule has 8 nitrogen and oxygen atoms in total. The van der Waals surface area contributed by atoms with Gasteiger partial charge >= 0.3 is 11.9 Å². The molecule has 0 rings (SSSR count). The Morgan fingerprint density at radius 2 is 1.80 bits per heavy atom. The van der Waals surface area contributed by atoms with Crippen molar-refractivity contribution in [1.29, 1.82) is 0 Å². The third kappa shape index (κ3) is 5.98. The Kier molecular flexibility index (Phi) is 6.60. The molecule has 0 fully saturated rings. The molecule has 0 aliphatic carbocycles. The van der Waals surface area contributed by atoms with Gasteiger partial charge in [-0.15, -0.1) is 0 Å². The van der Waals surface area contributed by atoms with Crippen molar-refractivity contribution in [2.24, 2.45) is 5.73 Å². The maximum Gasteiger partial charge on any atom is 0.338 e. The molecule has 0 saturated carbocycles. The maximum atomic E-state index is 11.9. The second-order valence-electron chi connectivity index (χ2n) is 5.31. The number of carboxylic acids is 1. The Hall–Kier alpha value is -1.67. The molecule has 1 atom stereocenters. The molecule has 0 heterocycles. The summed E-state index contributed by atoms with van der Waals surface area (Å²) >= 11 is 0. The fourth-order valence-corrected chi connectivity index (χ4v) is 1.22. The fraction of sp³-hybridized carbons (Fsp3) is 0.750. The summed E-state index contributed by atoms with van der Waals surface area (Å²) in [5.41, 5.74) is 2.47. The Balaban J connectivity index is 4.73. The van der Waals surface area contributed by atoms with Crippen molar-refractivity contribution in [3.8, 4) is 0 Å². The van der Waals surface area contributed by atoms with Gasteiger partial charge in [-0.3, -0.25) is 4.79 Å². The lowest BCUT2D eigenvalue weighted by Gasteiger charge is -2.27. The summed E-state index contributed by atoms with van der Waals surface area (Å²) in [5, 5.41) is 11.5. The smallest absolute Gasteiger partial charge is 0.338 e. The molecule has 0 aromatic heterocycles. The van der Waals surface area contributed by atoms with Gasteiger partial charge in [0.1, 0.15) is 12.3 Å². The Morgan fingerprint density at radius 3 is 2.20 bits per heavy atom. The van der Waals surface area contributed by atoms with Crippen molar-refractivity contribution < 1.29 is 29.0 Å². The minimum atomic E-state index is -2.25. The molecule has 1 amide bonds. The van der Waals surface area contributed by atoms with E-state index in [0.29, 0.717) is 0 Å². The SMILES string of the molecule is COCNC(=O)CCC(N)(C(=O)O)C(=O)OC(C)(C)C. The molecular formula is C12H22N2O6. The quantitative estimate of drug-likeness (QED) is 0.331. The van der Waals surface area contributed by atoms with Gasteiger partial charge in [-0.2, -0.15) is 0 Å². The van der Waals surface area contributed by atoms with E-state index >= 15 is 0 Å². The van der Waals surface area contributed by atoms with Gasteiger partial charge in [0.25, 0.3) is 0 Å². The second kappa shape index (κ2) is 7.20. The monoisotopic (exact) mass is 290 g/mol. The highest BCUT2D eigenvalue weighted by atomic mass is 16.6. The lowest BCUT2D eigenvalue weighted by atomic mass is 9.94. The van der Waals surface area contributed by atoms with Crippen LogP contribution in [-0.2, 0) is 23.9 Å². The number of carbonyl (C=O) groups excluding carboxylic acids is 2. The van der Waals surface area contributed by atoms with E-state index < -0.39 is 29.0 Å². The number of hydrogen-bond donors (Lipinski definition) is 3. The van der Waals surface area contributed by atoms with Crippen molar-refractivity contribution in [2.45, 2.75) is 44.8 Å². The van der Waals surface area contributed by atoms with Crippen LogP contribution in [0.2, 0.25) is 0 Å².